The van der Waals surface area contributed by atoms with E-state index in [-0.39, 0.29) is 0 Å². The van der Waals surface area contributed by atoms with Crippen LogP contribution >= 0.6 is 11.6 Å². The van der Waals surface area contributed by atoms with Crippen molar-refractivity contribution in [2.75, 3.05) is 0 Å². The van der Waals surface area contributed by atoms with Crippen molar-refractivity contribution < 1.29 is 9.59 Å². The van der Waals surface area contributed by atoms with Gasteiger partial charge in [-0.1, -0.05) is 53.6 Å². The van der Waals surface area contributed by atoms with Crippen molar-refractivity contribution in [3.8, 4) is 0 Å². The molecule has 2 heterocycles. The average molecular weight is 393 g/mol. The van der Waals surface area contributed by atoms with Crippen LogP contribution in [0.3, 0.4) is 0 Å². The van der Waals surface area contributed by atoms with Crippen molar-refractivity contribution in [2.24, 2.45) is 5.10 Å². The summed E-state index contributed by atoms with van der Waals surface area (Å²) in [5.41, 5.74) is 4.19. The quantitative estimate of drug-likeness (QED) is 0.500. The maximum absolute atomic E-state index is 12.4. The van der Waals surface area contributed by atoms with Crippen LogP contribution in [0.4, 0.5) is 0 Å². The first-order valence-electron chi connectivity index (χ1n) is 8.76. The number of nitrogens with zero attached hydrogens (tertiary/aromatic N) is 4. The van der Waals surface area contributed by atoms with Crippen LogP contribution in [0.15, 0.2) is 53.6 Å². The van der Waals surface area contributed by atoms with Gasteiger partial charge in [-0.05, 0) is 31.5 Å². The van der Waals surface area contributed by atoms with E-state index in [9.17, 15) is 9.59 Å². The van der Waals surface area contributed by atoms with Crippen LogP contribution in [0.2, 0.25) is 5.15 Å². The third-order valence-corrected chi connectivity index (χ3v) is 5.04. The molecule has 0 N–H and O–H groups in total. The summed E-state index contributed by atoms with van der Waals surface area (Å²) in [4.78, 5) is 24.8. The molecule has 4 rings (SSSR count). The molecule has 1 aliphatic heterocycles. The Bertz CT molecular complexity index is 1080. The van der Waals surface area contributed by atoms with Crippen molar-refractivity contribution in [1.29, 1.82) is 0 Å². The molecule has 6 nitrogen and oxygen atoms in total. The molecule has 0 spiro atoms. The minimum absolute atomic E-state index is 0.350. The molecule has 2 aromatic carbocycles. The predicted octanol–water partition coefficient (Wildman–Crippen LogP) is 3.83. The summed E-state index contributed by atoms with van der Waals surface area (Å²) in [5.74, 6) is -0.893. The Hall–Kier alpha value is -3.25. The molecule has 0 bridgehead atoms. The monoisotopic (exact) mass is 392 g/mol. The highest BCUT2D eigenvalue weighted by Gasteiger charge is 2.35. The number of carbonyl (C=O) groups is 2. The largest absolute Gasteiger partial charge is 0.282 e. The van der Waals surface area contributed by atoms with Gasteiger partial charge in [-0.3, -0.25) is 9.59 Å². The highest BCUT2D eigenvalue weighted by Crippen LogP contribution is 2.24. The van der Waals surface area contributed by atoms with Gasteiger partial charge in [-0.2, -0.15) is 15.2 Å². The molecule has 0 fully saturated rings. The third kappa shape index (κ3) is 3.12. The first-order chi connectivity index (χ1) is 13.5. The smallest absolute Gasteiger partial charge is 0.267 e. The predicted molar refractivity (Wildman–Crippen MR) is 107 cm³/mol. The van der Waals surface area contributed by atoms with Crippen LogP contribution in [0.25, 0.3) is 0 Å². The topological polar surface area (TPSA) is 67.6 Å². The third-order valence-electron chi connectivity index (χ3n) is 4.64. The molecule has 7 heteroatoms. The van der Waals surface area contributed by atoms with Gasteiger partial charge in [-0.15, -0.1) is 0 Å². The number of halogens is 1. The van der Waals surface area contributed by atoms with E-state index >= 15 is 0 Å². The number of aryl methyl sites for hydroxylation is 2. The van der Waals surface area contributed by atoms with Crippen LogP contribution in [-0.2, 0) is 6.54 Å². The number of aromatic nitrogens is 2. The van der Waals surface area contributed by atoms with E-state index in [1.807, 2.05) is 31.2 Å². The lowest BCUT2D eigenvalue weighted by Gasteiger charge is -2.06. The highest BCUT2D eigenvalue weighted by atomic mass is 35.5. The Kier molecular flexibility index (Phi) is 4.57. The Balaban J connectivity index is 1.59. The minimum atomic E-state index is -0.447. The number of fused-ring (bicyclic) bond motifs is 1. The van der Waals surface area contributed by atoms with E-state index in [0.29, 0.717) is 34.1 Å². The number of hydrogen-bond acceptors (Lipinski definition) is 4. The molecule has 0 saturated carbocycles. The van der Waals surface area contributed by atoms with E-state index in [4.69, 9.17) is 11.6 Å². The maximum Gasteiger partial charge on any atom is 0.282 e. The molecule has 1 aliphatic rings. The van der Waals surface area contributed by atoms with Gasteiger partial charge in [-0.25, -0.2) is 4.68 Å². The second kappa shape index (κ2) is 7.05. The van der Waals surface area contributed by atoms with E-state index in [0.717, 1.165) is 10.6 Å². The van der Waals surface area contributed by atoms with Crippen LogP contribution < -0.4 is 0 Å². The summed E-state index contributed by atoms with van der Waals surface area (Å²) in [5, 5.41) is 9.81. The van der Waals surface area contributed by atoms with Crippen molar-refractivity contribution in [3.63, 3.8) is 0 Å². The molecule has 0 unspecified atom stereocenters. The van der Waals surface area contributed by atoms with Crippen molar-refractivity contribution in [1.82, 2.24) is 14.8 Å². The number of benzene rings is 2. The van der Waals surface area contributed by atoms with E-state index in [2.05, 4.69) is 10.2 Å². The summed E-state index contributed by atoms with van der Waals surface area (Å²) in [6, 6.07) is 14.8. The molecule has 28 heavy (non-hydrogen) atoms. The fourth-order valence-electron chi connectivity index (χ4n) is 3.08. The average Bonchev–Trinajstić information content (AvgIpc) is 3.09. The number of imide groups is 1. The summed E-state index contributed by atoms with van der Waals surface area (Å²) in [7, 11) is 0. The molecule has 3 aromatic rings. The van der Waals surface area contributed by atoms with Gasteiger partial charge in [0.2, 0.25) is 0 Å². The number of rotatable bonds is 4. The molecule has 140 valence electrons. The Morgan fingerprint density at radius 3 is 2.21 bits per heavy atom. The summed E-state index contributed by atoms with van der Waals surface area (Å²) in [6.07, 6.45) is 1.41. The lowest BCUT2D eigenvalue weighted by molar-refractivity contribution is 0.0660. The number of hydrogen-bond donors (Lipinski definition) is 0. The molecular weight excluding hydrogens is 376 g/mol. The lowest BCUT2D eigenvalue weighted by Crippen LogP contribution is -2.24. The van der Waals surface area contributed by atoms with E-state index < -0.39 is 11.8 Å². The Morgan fingerprint density at radius 2 is 1.61 bits per heavy atom. The van der Waals surface area contributed by atoms with Crippen LogP contribution in [0.5, 0.6) is 0 Å². The number of amides is 2. The Labute approximate surface area is 167 Å². The zero-order valence-corrected chi connectivity index (χ0v) is 16.1. The molecule has 1 aromatic heterocycles. The molecule has 0 radical (unpaired) electrons. The van der Waals surface area contributed by atoms with Gasteiger partial charge in [0, 0.05) is 0 Å². The summed E-state index contributed by atoms with van der Waals surface area (Å²) >= 11 is 6.48. The zero-order chi connectivity index (χ0) is 19.8. The van der Waals surface area contributed by atoms with E-state index in [1.165, 1.54) is 11.8 Å². The number of hydrazone groups is 1. The van der Waals surface area contributed by atoms with Crippen molar-refractivity contribution in [2.45, 2.75) is 20.4 Å². The maximum atomic E-state index is 12.4. The van der Waals surface area contributed by atoms with Gasteiger partial charge < -0.3 is 0 Å². The lowest BCUT2D eigenvalue weighted by atomic mass is 10.1. The second-order valence-corrected chi connectivity index (χ2v) is 7.00. The summed E-state index contributed by atoms with van der Waals surface area (Å²) < 4.78 is 1.67. The molecular formula is C21H17ClN4O2. The van der Waals surface area contributed by atoms with Crippen molar-refractivity contribution >= 4 is 29.6 Å². The first-order valence-corrected chi connectivity index (χ1v) is 9.13. The fraction of sp³-hybridized carbons (Fsp3) is 0.143. The standard InChI is InChI=1S/C21H17ClN4O2/c1-13-7-9-15(10-8-13)12-25-19(22)18(14(2)24-25)11-23-26-20(27)16-5-3-4-6-17(16)21(26)28/h3-11H,12H2,1-2H3. The molecule has 0 aliphatic carbocycles. The fourth-order valence-corrected chi connectivity index (χ4v) is 3.36. The highest BCUT2D eigenvalue weighted by molar-refractivity contribution is 6.32. The van der Waals surface area contributed by atoms with Crippen LogP contribution in [-0.4, -0.2) is 32.8 Å². The molecule has 0 saturated heterocycles. The van der Waals surface area contributed by atoms with Gasteiger partial charge >= 0.3 is 0 Å². The second-order valence-electron chi connectivity index (χ2n) is 6.65. The molecule has 0 atom stereocenters. The van der Waals surface area contributed by atoms with Gasteiger partial charge in [0.15, 0.2) is 0 Å². The number of carbonyl (C=O) groups excluding carboxylic acids is 2. The summed E-state index contributed by atoms with van der Waals surface area (Å²) in [6.45, 7) is 4.35. The van der Waals surface area contributed by atoms with Crippen LogP contribution in [0.1, 0.15) is 43.1 Å². The first kappa shape index (κ1) is 18.1. The minimum Gasteiger partial charge on any atom is -0.267 e. The Morgan fingerprint density at radius 1 is 1.00 bits per heavy atom. The zero-order valence-electron chi connectivity index (χ0n) is 15.4. The normalized spacial score (nSPS) is 13.6. The van der Waals surface area contributed by atoms with Gasteiger partial charge in [0.25, 0.3) is 11.8 Å². The van der Waals surface area contributed by atoms with Crippen LogP contribution in [0, 0.1) is 13.8 Å². The van der Waals surface area contributed by atoms with Crippen molar-refractivity contribution in [3.05, 3.63) is 87.2 Å². The van der Waals surface area contributed by atoms with Gasteiger partial charge in [0.05, 0.1) is 35.1 Å². The van der Waals surface area contributed by atoms with E-state index in [1.54, 1.807) is 35.9 Å². The molecule has 2 amide bonds. The van der Waals surface area contributed by atoms with Gasteiger partial charge in [0.1, 0.15) is 5.15 Å². The SMILES string of the molecule is Cc1ccc(Cn2nc(C)c(C=NN3C(=O)c4ccccc4C3=O)c2Cl)cc1.